The number of nitrogens with zero attached hydrogens (tertiary/aromatic N) is 1. The highest BCUT2D eigenvalue weighted by Crippen LogP contribution is 2.15. The van der Waals surface area contributed by atoms with E-state index in [1.807, 2.05) is 0 Å². The molecule has 1 saturated heterocycles. The molecule has 1 aliphatic rings. The number of hydrogen-bond donors (Lipinski definition) is 1. The summed E-state index contributed by atoms with van der Waals surface area (Å²) in [6.45, 7) is 5.49. The quantitative estimate of drug-likeness (QED) is 0.842. The van der Waals surface area contributed by atoms with E-state index in [0.717, 1.165) is 24.8 Å². The van der Waals surface area contributed by atoms with Gasteiger partial charge in [0, 0.05) is 24.8 Å². The Labute approximate surface area is 96.5 Å². The topological polar surface area (TPSA) is 15.3 Å². The van der Waals surface area contributed by atoms with E-state index in [-0.39, 0.29) is 5.82 Å². The summed E-state index contributed by atoms with van der Waals surface area (Å²) in [5.41, 5.74) is 0.994. The fourth-order valence-electron chi connectivity index (χ4n) is 2.24. The van der Waals surface area contributed by atoms with Gasteiger partial charge in [0.15, 0.2) is 0 Å². The molecule has 1 aromatic carbocycles. The number of halogens is 1. The fourth-order valence-corrected chi connectivity index (χ4v) is 2.24. The molecule has 1 aliphatic heterocycles. The minimum Gasteiger partial charge on any atom is -0.384 e. The first-order valence-corrected chi connectivity index (χ1v) is 5.99. The number of anilines is 1. The highest BCUT2D eigenvalue weighted by atomic mass is 19.1. The van der Waals surface area contributed by atoms with Crippen molar-refractivity contribution in [3.63, 3.8) is 0 Å². The van der Waals surface area contributed by atoms with Gasteiger partial charge >= 0.3 is 0 Å². The molecule has 2 rings (SSSR count). The summed E-state index contributed by atoms with van der Waals surface area (Å²) < 4.78 is 12.7. The second-order valence-electron chi connectivity index (χ2n) is 4.46. The molecule has 0 spiro atoms. The van der Waals surface area contributed by atoms with Crippen molar-refractivity contribution < 1.29 is 4.39 Å². The highest BCUT2D eigenvalue weighted by molar-refractivity contribution is 5.42. The summed E-state index contributed by atoms with van der Waals surface area (Å²) in [5, 5.41) is 3.31. The molecule has 1 unspecified atom stereocenters. The summed E-state index contributed by atoms with van der Waals surface area (Å²) in [6.07, 6.45) is 2.63. The molecule has 1 aromatic rings. The second-order valence-corrected chi connectivity index (χ2v) is 4.46. The van der Waals surface area contributed by atoms with Crippen LogP contribution in [0.5, 0.6) is 0 Å². The van der Waals surface area contributed by atoms with Gasteiger partial charge in [-0.2, -0.15) is 0 Å². The van der Waals surface area contributed by atoms with Gasteiger partial charge in [-0.05, 0) is 50.6 Å². The van der Waals surface area contributed by atoms with E-state index < -0.39 is 0 Å². The lowest BCUT2D eigenvalue weighted by molar-refractivity contribution is 0.279. The summed E-state index contributed by atoms with van der Waals surface area (Å²) in [7, 11) is 0. The molecule has 88 valence electrons. The fraction of sp³-hybridized carbons (Fsp3) is 0.538. The average molecular weight is 222 g/mol. The van der Waals surface area contributed by atoms with Crippen LogP contribution in [0.3, 0.4) is 0 Å². The van der Waals surface area contributed by atoms with Crippen LogP contribution in [-0.2, 0) is 0 Å². The van der Waals surface area contributed by atoms with E-state index in [9.17, 15) is 4.39 Å². The second kappa shape index (κ2) is 5.30. The third-order valence-corrected chi connectivity index (χ3v) is 3.26. The Kier molecular flexibility index (Phi) is 3.78. The van der Waals surface area contributed by atoms with Crippen molar-refractivity contribution in [1.82, 2.24) is 4.90 Å². The average Bonchev–Trinajstić information content (AvgIpc) is 2.68. The van der Waals surface area contributed by atoms with Gasteiger partial charge in [-0.1, -0.05) is 0 Å². The van der Waals surface area contributed by atoms with Crippen molar-refractivity contribution in [3.8, 4) is 0 Å². The van der Waals surface area contributed by atoms with E-state index in [1.54, 1.807) is 12.1 Å². The molecule has 1 fully saturated rings. The third kappa shape index (κ3) is 2.95. The lowest BCUT2D eigenvalue weighted by atomic mass is 10.2. The van der Waals surface area contributed by atoms with E-state index in [1.165, 1.54) is 31.5 Å². The largest absolute Gasteiger partial charge is 0.384 e. The van der Waals surface area contributed by atoms with Crippen LogP contribution in [0.4, 0.5) is 10.1 Å². The molecule has 1 atom stereocenters. The van der Waals surface area contributed by atoms with Crippen molar-refractivity contribution in [2.75, 3.05) is 25.0 Å². The Morgan fingerprint density at radius 2 is 2.12 bits per heavy atom. The Morgan fingerprint density at radius 3 is 2.75 bits per heavy atom. The van der Waals surface area contributed by atoms with Crippen molar-refractivity contribution in [2.45, 2.75) is 25.8 Å². The zero-order valence-corrected chi connectivity index (χ0v) is 9.75. The van der Waals surface area contributed by atoms with Gasteiger partial charge in [0.2, 0.25) is 0 Å². The number of nitrogens with one attached hydrogen (secondary N) is 1. The van der Waals surface area contributed by atoms with Crippen LogP contribution in [0.15, 0.2) is 24.3 Å². The molecular weight excluding hydrogens is 203 g/mol. The zero-order valence-electron chi connectivity index (χ0n) is 9.75. The summed E-state index contributed by atoms with van der Waals surface area (Å²) >= 11 is 0. The monoisotopic (exact) mass is 222 g/mol. The van der Waals surface area contributed by atoms with Crippen LogP contribution in [-0.4, -0.2) is 30.6 Å². The summed E-state index contributed by atoms with van der Waals surface area (Å²) in [6, 6.07) is 7.25. The van der Waals surface area contributed by atoms with Crippen molar-refractivity contribution in [3.05, 3.63) is 30.1 Å². The van der Waals surface area contributed by atoms with Crippen LogP contribution >= 0.6 is 0 Å². The van der Waals surface area contributed by atoms with Gasteiger partial charge in [-0.3, -0.25) is 4.90 Å². The molecular formula is C13H19FN2. The van der Waals surface area contributed by atoms with Crippen LogP contribution in [0, 0.1) is 5.82 Å². The number of benzene rings is 1. The Bertz CT molecular complexity index is 323. The van der Waals surface area contributed by atoms with Crippen molar-refractivity contribution in [2.24, 2.45) is 0 Å². The van der Waals surface area contributed by atoms with Crippen LogP contribution < -0.4 is 5.32 Å². The maximum atomic E-state index is 12.7. The van der Waals surface area contributed by atoms with Gasteiger partial charge in [0.25, 0.3) is 0 Å². The molecule has 3 heteroatoms. The SMILES string of the molecule is CC1CCCN1CCNc1ccc(F)cc1. The predicted octanol–water partition coefficient (Wildman–Crippen LogP) is 2.72. The zero-order chi connectivity index (χ0) is 11.4. The molecule has 2 nitrogen and oxygen atoms in total. The van der Waals surface area contributed by atoms with E-state index in [2.05, 4.69) is 17.1 Å². The first-order chi connectivity index (χ1) is 7.75. The maximum absolute atomic E-state index is 12.7. The van der Waals surface area contributed by atoms with E-state index >= 15 is 0 Å². The first kappa shape index (κ1) is 11.4. The molecule has 1 heterocycles. The van der Waals surface area contributed by atoms with E-state index in [4.69, 9.17) is 0 Å². The lowest BCUT2D eigenvalue weighted by Crippen LogP contribution is -2.31. The van der Waals surface area contributed by atoms with Gasteiger partial charge < -0.3 is 5.32 Å². The minimum absolute atomic E-state index is 0.182. The smallest absolute Gasteiger partial charge is 0.123 e. The number of likely N-dealkylation sites (tertiary alicyclic amines) is 1. The summed E-state index contributed by atoms with van der Waals surface area (Å²) in [4.78, 5) is 2.50. The normalized spacial score (nSPS) is 21.2. The summed E-state index contributed by atoms with van der Waals surface area (Å²) in [5.74, 6) is -0.182. The molecule has 0 aliphatic carbocycles. The molecule has 0 radical (unpaired) electrons. The van der Waals surface area contributed by atoms with Crippen LogP contribution in [0.25, 0.3) is 0 Å². The molecule has 0 saturated carbocycles. The Morgan fingerprint density at radius 1 is 1.38 bits per heavy atom. The molecule has 1 N–H and O–H groups in total. The lowest BCUT2D eigenvalue weighted by Gasteiger charge is -2.21. The minimum atomic E-state index is -0.182. The first-order valence-electron chi connectivity index (χ1n) is 5.99. The Balaban J connectivity index is 1.73. The van der Waals surface area contributed by atoms with Crippen LogP contribution in [0.1, 0.15) is 19.8 Å². The molecule has 0 aromatic heterocycles. The maximum Gasteiger partial charge on any atom is 0.123 e. The Hall–Kier alpha value is -1.09. The molecule has 0 amide bonds. The van der Waals surface area contributed by atoms with Gasteiger partial charge in [0.05, 0.1) is 0 Å². The highest BCUT2D eigenvalue weighted by Gasteiger charge is 2.18. The number of rotatable bonds is 4. The third-order valence-electron chi connectivity index (χ3n) is 3.26. The van der Waals surface area contributed by atoms with Crippen molar-refractivity contribution in [1.29, 1.82) is 0 Å². The predicted molar refractivity (Wildman–Crippen MR) is 65.2 cm³/mol. The van der Waals surface area contributed by atoms with Gasteiger partial charge in [-0.15, -0.1) is 0 Å². The van der Waals surface area contributed by atoms with Gasteiger partial charge in [0.1, 0.15) is 5.82 Å². The van der Waals surface area contributed by atoms with Gasteiger partial charge in [-0.25, -0.2) is 4.39 Å². The van der Waals surface area contributed by atoms with E-state index in [0.29, 0.717) is 0 Å². The molecule has 16 heavy (non-hydrogen) atoms. The standard InChI is InChI=1S/C13H19FN2/c1-11-3-2-9-16(11)10-8-15-13-6-4-12(14)5-7-13/h4-7,11,15H,2-3,8-10H2,1H3. The van der Waals surface area contributed by atoms with Crippen LogP contribution in [0.2, 0.25) is 0 Å². The number of hydrogen-bond acceptors (Lipinski definition) is 2. The molecule has 0 bridgehead atoms. The van der Waals surface area contributed by atoms with Crippen molar-refractivity contribution >= 4 is 5.69 Å².